The first-order chi connectivity index (χ1) is 13.0. The normalized spacial score (nSPS) is 10.6. The van der Waals surface area contributed by atoms with Crippen LogP contribution < -0.4 is 10.6 Å². The number of benzene rings is 2. The van der Waals surface area contributed by atoms with Gasteiger partial charge in [0.15, 0.2) is 0 Å². The molecule has 9 nitrogen and oxygen atoms in total. The number of para-hydroxylation sites is 1. The highest BCUT2D eigenvalue weighted by Crippen LogP contribution is 2.31. The third-order valence-electron chi connectivity index (χ3n) is 3.68. The first-order valence-electron chi connectivity index (χ1n) is 7.85. The number of carbonyl (C=O) groups excluding carboxylic acids is 2. The third kappa shape index (κ3) is 3.93. The summed E-state index contributed by atoms with van der Waals surface area (Å²) in [6, 6.07) is 12.2. The van der Waals surface area contributed by atoms with E-state index >= 15 is 0 Å². The Morgan fingerprint density at radius 2 is 1.81 bits per heavy atom. The molecule has 0 fully saturated rings. The number of methoxy groups -OCH3 is 1. The number of anilines is 2. The number of nitrogens with one attached hydrogen (secondary N) is 2. The summed E-state index contributed by atoms with van der Waals surface area (Å²) in [5.41, 5.74) is 0.913. The van der Waals surface area contributed by atoms with Crippen molar-refractivity contribution in [3.05, 3.63) is 64.4 Å². The van der Waals surface area contributed by atoms with Crippen LogP contribution in [0.25, 0.3) is 11.0 Å². The lowest BCUT2D eigenvalue weighted by atomic mass is 10.2. The van der Waals surface area contributed by atoms with Crippen LogP contribution in [0.2, 0.25) is 0 Å². The van der Waals surface area contributed by atoms with Gasteiger partial charge in [-0.3, -0.25) is 19.7 Å². The van der Waals surface area contributed by atoms with Crippen molar-refractivity contribution in [1.29, 1.82) is 0 Å². The summed E-state index contributed by atoms with van der Waals surface area (Å²) in [6.45, 7) is -0.178. The molecule has 0 aliphatic rings. The average Bonchev–Trinajstić information content (AvgIpc) is 3.01. The maximum absolute atomic E-state index is 12.6. The molecule has 0 saturated carbocycles. The molecule has 0 aliphatic carbocycles. The van der Waals surface area contributed by atoms with Crippen LogP contribution in [0.4, 0.5) is 17.1 Å². The van der Waals surface area contributed by atoms with Gasteiger partial charge in [0.2, 0.25) is 11.7 Å². The fourth-order valence-electron chi connectivity index (χ4n) is 2.49. The monoisotopic (exact) mass is 369 g/mol. The lowest BCUT2D eigenvalue weighted by Crippen LogP contribution is -2.20. The second-order valence-electron chi connectivity index (χ2n) is 5.54. The maximum atomic E-state index is 12.6. The van der Waals surface area contributed by atoms with Gasteiger partial charge < -0.3 is 19.8 Å². The minimum atomic E-state index is -0.604. The molecule has 2 amide bonds. The molecular formula is C18H15N3O6. The molecule has 0 radical (unpaired) electrons. The maximum Gasteiger partial charge on any atom is 0.293 e. The van der Waals surface area contributed by atoms with Crippen molar-refractivity contribution < 1.29 is 23.7 Å². The van der Waals surface area contributed by atoms with E-state index in [4.69, 9.17) is 9.15 Å². The molecule has 0 aliphatic heterocycles. The van der Waals surface area contributed by atoms with E-state index in [0.717, 1.165) is 0 Å². The van der Waals surface area contributed by atoms with Gasteiger partial charge in [0, 0.05) is 30.3 Å². The Kier molecular flexibility index (Phi) is 5.13. The summed E-state index contributed by atoms with van der Waals surface area (Å²) < 4.78 is 10.4. The van der Waals surface area contributed by atoms with Crippen molar-refractivity contribution in [1.82, 2.24) is 0 Å². The van der Waals surface area contributed by atoms with E-state index in [2.05, 4.69) is 10.6 Å². The van der Waals surface area contributed by atoms with Gasteiger partial charge >= 0.3 is 0 Å². The van der Waals surface area contributed by atoms with E-state index in [1.807, 2.05) is 0 Å². The van der Waals surface area contributed by atoms with Gasteiger partial charge in [0.25, 0.3) is 11.6 Å². The topological polar surface area (TPSA) is 124 Å². The van der Waals surface area contributed by atoms with Crippen LogP contribution in [-0.4, -0.2) is 30.5 Å². The smallest absolute Gasteiger partial charge is 0.293 e. The van der Waals surface area contributed by atoms with E-state index in [-0.39, 0.29) is 23.7 Å². The number of nitrogens with zero attached hydrogens (tertiary/aromatic N) is 1. The lowest BCUT2D eigenvalue weighted by Gasteiger charge is -2.07. The number of fused-ring (bicyclic) bond motifs is 1. The number of non-ortho nitro benzene ring substituents is 1. The van der Waals surface area contributed by atoms with E-state index in [9.17, 15) is 19.7 Å². The fraction of sp³-hybridized carbons (Fsp3) is 0.111. The zero-order valence-corrected chi connectivity index (χ0v) is 14.2. The van der Waals surface area contributed by atoms with Gasteiger partial charge in [-0.2, -0.15) is 0 Å². The molecule has 0 unspecified atom stereocenters. The summed E-state index contributed by atoms with van der Waals surface area (Å²) in [6.07, 6.45) is 0. The average molecular weight is 369 g/mol. The summed E-state index contributed by atoms with van der Waals surface area (Å²) in [4.78, 5) is 34.7. The minimum Gasteiger partial charge on any atom is -0.449 e. The summed E-state index contributed by atoms with van der Waals surface area (Å²) in [5, 5.41) is 16.5. The highest BCUT2D eigenvalue weighted by Gasteiger charge is 2.22. The van der Waals surface area contributed by atoms with Crippen molar-refractivity contribution in [2.24, 2.45) is 0 Å². The number of hydrogen-bond acceptors (Lipinski definition) is 6. The molecule has 1 aromatic heterocycles. The number of nitro benzene ring substituents is 1. The molecule has 0 atom stereocenters. The largest absolute Gasteiger partial charge is 0.449 e. The minimum absolute atomic E-state index is 0.0843. The molecule has 2 aromatic carbocycles. The third-order valence-corrected chi connectivity index (χ3v) is 3.68. The number of furan rings is 1. The van der Waals surface area contributed by atoms with Gasteiger partial charge in [0.05, 0.1) is 4.92 Å². The second kappa shape index (κ2) is 7.67. The molecule has 0 saturated heterocycles. The molecule has 138 valence electrons. The number of ether oxygens (including phenoxy) is 1. The molecule has 0 bridgehead atoms. The number of amides is 2. The quantitative estimate of drug-likeness (QED) is 0.508. The molecule has 2 N–H and O–H groups in total. The second-order valence-corrected chi connectivity index (χ2v) is 5.54. The molecule has 1 heterocycles. The standard InChI is InChI=1S/C18H15N3O6/c1-26-10-15(22)20-16-13-4-2-3-5-14(13)27-17(16)18(23)19-11-6-8-12(9-7-11)21(24)25/h2-9H,10H2,1H3,(H,19,23)(H,20,22). The first kappa shape index (κ1) is 18.1. The van der Waals surface area contributed by atoms with E-state index in [1.165, 1.54) is 31.4 Å². The van der Waals surface area contributed by atoms with Crippen LogP contribution in [0.5, 0.6) is 0 Å². The Hall–Kier alpha value is -3.72. The van der Waals surface area contributed by atoms with Crippen LogP contribution in [0, 0.1) is 10.1 Å². The van der Waals surface area contributed by atoms with Crippen LogP contribution in [0.15, 0.2) is 52.9 Å². The summed E-state index contributed by atoms with van der Waals surface area (Å²) in [7, 11) is 1.38. The number of carbonyl (C=O) groups is 2. The molecule has 0 spiro atoms. The summed E-state index contributed by atoms with van der Waals surface area (Å²) >= 11 is 0. The predicted molar refractivity (Wildman–Crippen MR) is 97.8 cm³/mol. The van der Waals surface area contributed by atoms with Crippen molar-refractivity contribution in [2.45, 2.75) is 0 Å². The Balaban J connectivity index is 1.91. The predicted octanol–water partition coefficient (Wildman–Crippen LogP) is 3.18. The number of hydrogen-bond donors (Lipinski definition) is 2. The van der Waals surface area contributed by atoms with Crippen molar-refractivity contribution in [2.75, 3.05) is 24.4 Å². The fourth-order valence-corrected chi connectivity index (χ4v) is 2.49. The Morgan fingerprint density at radius 1 is 1.11 bits per heavy atom. The molecule has 9 heteroatoms. The van der Waals surface area contributed by atoms with Crippen LogP contribution in [0.3, 0.4) is 0 Å². The number of nitro groups is 1. The SMILES string of the molecule is COCC(=O)Nc1c(C(=O)Nc2ccc([N+](=O)[O-])cc2)oc2ccccc12. The van der Waals surface area contributed by atoms with Gasteiger partial charge in [0.1, 0.15) is 17.9 Å². The van der Waals surface area contributed by atoms with Crippen LogP contribution >= 0.6 is 0 Å². The van der Waals surface area contributed by atoms with Crippen molar-refractivity contribution in [3.8, 4) is 0 Å². The molecule has 3 rings (SSSR count). The van der Waals surface area contributed by atoms with E-state index in [0.29, 0.717) is 16.7 Å². The highest BCUT2D eigenvalue weighted by molar-refractivity contribution is 6.14. The van der Waals surface area contributed by atoms with Gasteiger partial charge in [-0.25, -0.2) is 0 Å². The Morgan fingerprint density at radius 3 is 2.48 bits per heavy atom. The first-order valence-corrected chi connectivity index (χ1v) is 7.85. The highest BCUT2D eigenvalue weighted by atomic mass is 16.6. The number of rotatable bonds is 6. The Bertz CT molecular complexity index is 1010. The van der Waals surface area contributed by atoms with Crippen LogP contribution in [-0.2, 0) is 9.53 Å². The van der Waals surface area contributed by atoms with Gasteiger partial charge in [-0.1, -0.05) is 12.1 Å². The van der Waals surface area contributed by atoms with Crippen molar-refractivity contribution >= 4 is 39.8 Å². The van der Waals surface area contributed by atoms with E-state index in [1.54, 1.807) is 24.3 Å². The summed E-state index contributed by atoms with van der Waals surface area (Å²) in [5.74, 6) is -1.12. The molecule has 27 heavy (non-hydrogen) atoms. The molecule has 3 aromatic rings. The van der Waals surface area contributed by atoms with Gasteiger partial charge in [-0.15, -0.1) is 0 Å². The van der Waals surface area contributed by atoms with Gasteiger partial charge in [-0.05, 0) is 24.3 Å². The zero-order valence-electron chi connectivity index (χ0n) is 14.2. The lowest BCUT2D eigenvalue weighted by molar-refractivity contribution is -0.384. The van der Waals surface area contributed by atoms with Crippen molar-refractivity contribution in [3.63, 3.8) is 0 Å². The Labute approximate surface area is 153 Å². The van der Waals surface area contributed by atoms with Crippen LogP contribution in [0.1, 0.15) is 10.6 Å². The van der Waals surface area contributed by atoms with E-state index < -0.39 is 16.7 Å². The molecular weight excluding hydrogens is 354 g/mol. The zero-order chi connectivity index (χ0) is 19.4.